The SMILES string of the molecule is O=S(=O)(OI)Oc1ccc(F)cc1. The molecular weight excluding hydrogens is 314 g/mol. The Hall–Kier alpha value is -0.410. The van der Waals surface area contributed by atoms with Crippen molar-refractivity contribution in [3.05, 3.63) is 30.1 Å². The standard InChI is InChI=1S/C6H4FIO4S/c7-5-1-3-6(4-2-5)11-13(9,10)12-8/h1-4H. The van der Waals surface area contributed by atoms with Crippen molar-refractivity contribution in [2.75, 3.05) is 0 Å². The quantitative estimate of drug-likeness (QED) is 0.798. The van der Waals surface area contributed by atoms with E-state index in [4.69, 9.17) is 0 Å². The minimum Gasteiger partial charge on any atom is -0.361 e. The molecule has 0 aromatic heterocycles. The predicted molar refractivity (Wildman–Crippen MR) is 51.1 cm³/mol. The molecule has 0 radical (unpaired) electrons. The van der Waals surface area contributed by atoms with Gasteiger partial charge in [0.1, 0.15) is 34.6 Å². The van der Waals surface area contributed by atoms with Crippen molar-refractivity contribution >= 4 is 33.4 Å². The molecule has 4 nitrogen and oxygen atoms in total. The van der Waals surface area contributed by atoms with Crippen LogP contribution >= 0.6 is 23.0 Å². The Morgan fingerprint density at radius 1 is 1.23 bits per heavy atom. The summed E-state index contributed by atoms with van der Waals surface area (Å²) in [6.07, 6.45) is 0. The second-order valence-electron chi connectivity index (χ2n) is 2.01. The summed E-state index contributed by atoms with van der Waals surface area (Å²) < 4.78 is 42.2. The Bertz CT molecular complexity index is 374. The molecular formula is C6H4FIO4S. The summed E-state index contributed by atoms with van der Waals surface area (Å²) in [6.45, 7) is 0. The van der Waals surface area contributed by atoms with Crippen molar-refractivity contribution in [1.29, 1.82) is 0 Å². The minimum atomic E-state index is -4.02. The molecule has 0 aliphatic heterocycles. The monoisotopic (exact) mass is 318 g/mol. The van der Waals surface area contributed by atoms with Gasteiger partial charge in [-0.3, -0.25) is 0 Å². The average Bonchev–Trinajstić information content (AvgIpc) is 2.09. The summed E-state index contributed by atoms with van der Waals surface area (Å²) >= 11 is 1.18. The van der Waals surface area contributed by atoms with Gasteiger partial charge in [-0.25, -0.2) is 4.39 Å². The highest BCUT2D eigenvalue weighted by Gasteiger charge is 2.11. The second kappa shape index (κ2) is 4.20. The van der Waals surface area contributed by atoms with E-state index in [0.29, 0.717) is 0 Å². The van der Waals surface area contributed by atoms with Crippen LogP contribution in [0, 0.1) is 5.82 Å². The number of hydrogen-bond donors (Lipinski definition) is 0. The molecule has 0 aliphatic carbocycles. The molecule has 0 bridgehead atoms. The van der Waals surface area contributed by atoms with Gasteiger partial charge in [0.25, 0.3) is 0 Å². The molecule has 13 heavy (non-hydrogen) atoms. The topological polar surface area (TPSA) is 52.6 Å². The molecule has 0 atom stereocenters. The fourth-order valence-electron chi connectivity index (χ4n) is 0.621. The van der Waals surface area contributed by atoms with Gasteiger partial charge in [-0.2, -0.15) is 10.9 Å². The largest absolute Gasteiger partial charge is 0.458 e. The average molecular weight is 318 g/mol. The Kier molecular flexibility index (Phi) is 3.45. The predicted octanol–water partition coefficient (Wildman–Crippen LogP) is 1.82. The normalized spacial score (nSPS) is 11.2. The van der Waals surface area contributed by atoms with Crippen LogP contribution in [0.1, 0.15) is 0 Å². The Labute approximate surface area is 88.7 Å². The van der Waals surface area contributed by atoms with Gasteiger partial charge in [-0.05, 0) is 24.3 Å². The van der Waals surface area contributed by atoms with Gasteiger partial charge in [-0.15, -0.1) is 0 Å². The summed E-state index contributed by atoms with van der Waals surface area (Å²) in [4.78, 5) is 0. The van der Waals surface area contributed by atoms with Gasteiger partial charge in [-0.1, -0.05) is 0 Å². The van der Waals surface area contributed by atoms with Crippen LogP contribution in [0.2, 0.25) is 0 Å². The van der Waals surface area contributed by atoms with Crippen LogP contribution < -0.4 is 4.18 Å². The van der Waals surface area contributed by atoms with Crippen LogP contribution in [-0.4, -0.2) is 8.42 Å². The molecule has 1 aromatic carbocycles. The number of benzene rings is 1. The van der Waals surface area contributed by atoms with E-state index < -0.39 is 16.2 Å². The zero-order valence-corrected chi connectivity index (χ0v) is 9.08. The third-order valence-electron chi connectivity index (χ3n) is 1.09. The van der Waals surface area contributed by atoms with Crippen LogP contribution in [0.5, 0.6) is 5.75 Å². The number of rotatable bonds is 3. The van der Waals surface area contributed by atoms with E-state index in [-0.39, 0.29) is 5.75 Å². The molecule has 1 rings (SSSR count). The zero-order valence-electron chi connectivity index (χ0n) is 6.11. The smallest absolute Gasteiger partial charge is 0.361 e. The van der Waals surface area contributed by atoms with Crippen LogP contribution in [0.4, 0.5) is 4.39 Å². The highest BCUT2D eigenvalue weighted by Crippen LogP contribution is 2.15. The Balaban J connectivity index is 2.82. The van der Waals surface area contributed by atoms with Gasteiger partial charge in [0.2, 0.25) is 0 Å². The molecule has 1 aromatic rings. The van der Waals surface area contributed by atoms with Crippen LogP contribution in [-0.2, 0) is 12.9 Å². The molecule has 0 fully saturated rings. The lowest BCUT2D eigenvalue weighted by Crippen LogP contribution is -2.07. The van der Waals surface area contributed by atoms with Crippen LogP contribution in [0.15, 0.2) is 24.3 Å². The van der Waals surface area contributed by atoms with Gasteiger partial charge < -0.3 is 4.18 Å². The van der Waals surface area contributed by atoms with E-state index in [2.05, 4.69) is 6.70 Å². The van der Waals surface area contributed by atoms with E-state index in [9.17, 15) is 12.8 Å². The Morgan fingerprint density at radius 3 is 2.23 bits per heavy atom. The highest BCUT2D eigenvalue weighted by molar-refractivity contribution is 14.1. The lowest BCUT2D eigenvalue weighted by atomic mass is 10.3. The molecule has 0 spiro atoms. The molecule has 0 heterocycles. The van der Waals surface area contributed by atoms with Gasteiger partial charge >= 0.3 is 10.4 Å². The molecule has 0 saturated heterocycles. The van der Waals surface area contributed by atoms with Crippen LogP contribution in [0.3, 0.4) is 0 Å². The number of halogens is 2. The lowest BCUT2D eigenvalue weighted by molar-refractivity contribution is 0.426. The molecule has 7 heteroatoms. The van der Waals surface area contributed by atoms with E-state index in [0.717, 1.165) is 12.1 Å². The minimum absolute atomic E-state index is 0.00179. The maximum atomic E-state index is 12.4. The van der Waals surface area contributed by atoms with Gasteiger partial charge in [0.15, 0.2) is 0 Å². The first kappa shape index (κ1) is 10.7. The van der Waals surface area contributed by atoms with Gasteiger partial charge in [0, 0.05) is 0 Å². The first-order chi connectivity index (χ1) is 6.03. The van der Waals surface area contributed by atoms with Crippen LogP contribution in [0.25, 0.3) is 0 Å². The summed E-state index contributed by atoms with van der Waals surface area (Å²) in [7, 11) is -4.02. The van der Waals surface area contributed by atoms with Gasteiger partial charge in [0.05, 0.1) is 0 Å². The maximum Gasteiger partial charge on any atom is 0.458 e. The Morgan fingerprint density at radius 2 is 1.77 bits per heavy atom. The first-order valence-corrected chi connectivity index (χ1v) is 5.25. The summed E-state index contributed by atoms with van der Waals surface area (Å²) in [5.41, 5.74) is 0. The molecule has 0 saturated carbocycles. The van der Waals surface area contributed by atoms with E-state index >= 15 is 0 Å². The molecule has 0 amide bonds. The van der Waals surface area contributed by atoms with E-state index in [1.165, 1.54) is 35.1 Å². The van der Waals surface area contributed by atoms with E-state index in [1.54, 1.807) is 0 Å². The third kappa shape index (κ3) is 3.44. The van der Waals surface area contributed by atoms with Crippen molar-refractivity contribution in [1.82, 2.24) is 0 Å². The maximum absolute atomic E-state index is 12.4. The molecule has 0 aliphatic rings. The molecule has 0 unspecified atom stereocenters. The lowest BCUT2D eigenvalue weighted by Gasteiger charge is -2.01. The zero-order chi connectivity index (χ0) is 9.90. The highest BCUT2D eigenvalue weighted by atomic mass is 127. The van der Waals surface area contributed by atoms with E-state index in [1.807, 2.05) is 0 Å². The summed E-state index contributed by atoms with van der Waals surface area (Å²) in [6, 6.07) is 4.53. The van der Waals surface area contributed by atoms with Crippen molar-refractivity contribution in [2.45, 2.75) is 0 Å². The summed E-state index contributed by atoms with van der Waals surface area (Å²) in [5, 5.41) is 0. The molecule has 72 valence electrons. The van der Waals surface area contributed by atoms with Crippen molar-refractivity contribution in [3.8, 4) is 5.75 Å². The first-order valence-electron chi connectivity index (χ1n) is 3.04. The number of hydrogen-bond acceptors (Lipinski definition) is 4. The second-order valence-corrected chi connectivity index (χ2v) is 4.20. The van der Waals surface area contributed by atoms with Crippen molar-refractivity contribution in [2.24, 2.45) is 0 Å². The van der Waals surface area contributed by atoms with Crippen molar-refractivity contribution in [3.63, 3.8) is 0 Å². The van der Waals surface area contributed by atoms with Crippen molar-refractivity contribution < 1.29 is 19.5 Å². The summed E-state index contributed by atoms with van der Waals surface area (Å²) in [5.74, 6) is -0.474. The fraction of sp³-hybridized carbons (Fsp3) is 0. The fourth-order valence-corrected chi connectivity index (χ4v) is 1.21. The molecule has 0 N–H and O–H groups in total. The third-order valence-corrected chi connectivity index (χ3v) is 2.96.